The number of nitrogens with zero attached hydrogens (tertiary/aromatic N) is 3. The van der Waals surface area contributed by atoms with Crippen LogP contribution < -0.4 is 5.32 Å². The van der Waals surface area contributed by atoms with Gasteiger partial charge in [0.1, 0.15) is 5.00 Å². The first-order valence-corrected chi connectivity index (χ1v) is 7.91. The summed E-state index contributed by atoms with van der Waals surface area (Å²) in [6, 6.07) is 3.84. The smallest absolute Gasteiger partial charge is 0.310 e. The number of hydrogen-bond donors (Lipinski definition) is 2. The molecule has 0 spiro atoms. The van der Waals surface area contributed by atoms with E-state index in [9.17, 15) is 20.0 Å². The summed E-state index contributed by atoms with van der Waals surface area (Å²) in [6.07, 6.45) is 0. The standard InChI is InChI=1S/C13H12ClN3O4S.Fe.NO3.9H2O/c1-6(8-3-4-10(18)9(5-8)17(20)21)12(19)15-13-11(14)7(2)16-22-13;;2-1(3)4;;;;;;;;;/h3-6,18H,1-2H3,(H,15,19);;;9*1H2/q;;-1;;;;;;;;;. The Balaban J connectivity index is -0.0000000564. The first kappa shape index (κ1) is 63.9. The topological polar surface area (TPSA) is 455 Å². The van der Waals surface area contributed by atoms with Crippen LogP contribution in [0, 0.1) is 32.4 Å². The van der Waals surface area contributed by atoms with E-state index in [1.165, 1.54) is 18.2 Å². The van der Waals surface area contributed by atoms with Crippen LogP contribution in [0.15, 0.2) is 18.2 Å². The van der Waals surface area contributed by atoms with Gasteiger partial charge in [-0.25, -0.2) is 0 Å². The number of phenolic OH excluding ortho intramolecular Hbond substituents is 1. The van der Waals surface area contributed by atoms with Crippen LogP contribution in [0.25, 0.3) is 0 Å². The number of aromatic nitrogens is 1. The SMILES string of the molecule is Cc1nsc(NC(=O)C(C)c2ccc(O)c([N+](=O)[O-])c2)c1Cl.O.O.O.O.O.O.O.O.O.O=[N+]([O-])[O-].[Fe]. The molecule has 1 amide bonds. The molecule has 0 bridgehead atoms. The third-order valence-electron chi connectivity index (χ3n) is 3.12. The molecule has 0 fully saturated rings. The van der Waals surface area contributed by atoms with Crippen LogP contribution in [-0.2, 0) is 21.9 Å². The molecule has 2 aromatic rings. The summed E-state index contributed by atoms with van der Waals surface area (Å²) in [5.41, 5.74) is 0.595. The van der Waals surface area contributed by atoms with E-state index < -0.39 is 27.4 Å². The molecular weight excluding hydrogens is 592 g/mol. The number of nitro benzene ring substituents is 1. The Labute approximate surface area is 221 Å². The molecule has 0 radical (unpaired) electrons. The van der Waals surface area contributed by atoms with Gasteiger partial charge in [-0.3, -0.25) is 14.9 Å². The minimum absolute atomic E-state index is 0. The van der Waals surface area contributed by atoms with Gasteiger partial charge in [0, 0.05) is 23.1 Å². The Bertz CT molecular complexity index is 857. The van der Waals surface area contributed by atoms with Gasteiger partial charge in [0.25, 0.3) is 0 Å². The molecule has 0 aliphatic carbocycles. The van der Waals surface area contributed by atoms with E-state index in [-0.39, 0.29) is 72.3 Å². The number of carbonyl (C=O) groups is 1. The quantitative estimate of drug-likeness (QED) is 0.191. The maximum Gasteiger partial charge on any atom is 0.310 e. The summed E-state index contributed by atoms with van der Waals surface area (Å²) in [6.45, 7) is 3.33. The second-order valence-electron chi connectivity index (χ2n) is 4.85. The normalized spacial score (nSPS) is 7.97. The number of carbonyl (C=O) groups excluding carboxylic acids is 1. The van der Waals surface area contributed by atoms with Crippen molar-refractivity contribution in [1.29, 1.82) is 0 Å². The van der Waals surface area contributed by atoms with Crippen LogP contribution in [0.2, 0.25) is 5.02 Å². The maximum absolute atomic E-state index is 12.2. The fourth-order valence-electron chi connectivity index (χ4n) is 1.76. The van der Waals surface area contributed by atoms with Gasteiger partial charge in [-0.2, -0.15) is 4.37 Å². The van der Waals surface area contributed by atoms with Gasteiger partial charge in [-0.1, -0.05) is 17.7 Å². The first-order valence-electron chi connectivity index (χ1n) is 6.76. The number of amides is 1. The molecular formula is C13H30ClFeN4O16S-. The molecule has 1 heterocycles. The Kier molecular flexibility index (Phi) is 50.5. The second kappa shape index (κ2) is 28.4. The van der Waals surface area contributed by atoms with Crippen LogP contribution in [-0.4, -0.2) is 74.7 Å². The van der Waals surface area contributed by atoms with Crippen molar-refractivity contribution >= 4 is 39.7 Å². The Morgan fingerprint density at radius 3 is 1.78 bits per heavy atom. The zero-order valence-electron chi connectivity index (χ0n) is 18.2. The Morgan fingerprint density at radius 2 is 1.44 bits per heavy atom. The minimum atomic E-state index is -1.75. The van der Waals surface area contributed by atoms with Crippen LogP contribution in [0.5, 0.6) is 5.75 Å². The summed E-state index contributed by atoms with van der Waals surface area (Å²) < 4.78 is 4.02. The second-order valence-corrected chi connectivity index (χ2v) is 6.00. The number of aromatic hydroxyl groups is 1. The van der Waals surface area contributed by atoms with E-state index in [1.807, 2.05) is 0 Å². The molecule has 1 aromatic heterocycles. The van der Waals surface area contributed by atoms with Crippen molar-refractivity contribution in [3.63, 3.8) is 0 Å². The first-order chi connectivity index (χ1) is 12.0. The van der Waals surface area contributed by atoms with E-state index in [0.717, 1.165) is 11.5 Å². The maximum atomic E-state index is 12.2. The van der Waals surface area contributed by atoms with Crippen LogP contribution in [0.3, 0.4) is 0 Å². The summed E-state index contributed by atoms with van der Waals surface area (Å²) >= 11 is 7.07. The van der Waals surface area contributed by atoms with Gasteiger partial charge in [-0.05, 0) is 37.0 Å². The largest absolute Gasteiger partial charge is 0.502 e. The van der Waals surface area contributed by atoms with E-state index >= 15 is 0 Å². The molecule has 0 aliphatic rings. The predicted octanol–water partition coefficient (Wildman–Crippen LogP) is -4.20. The van der Waals surface area contributed by atoms with Crippen molar-refractivity contribution < 1.29 is 86.3 Å². The number of anilines is 1. The van der Waals surface area contributed by atoms with Crippen molar-refractivity contribution in [3.05, 3.63) is 59.9 Å². The monoisotopic (exact) mass is 621 g/mol. The number of halogens is 1. The summed E-state index contributed by atoms with van der Waals surface area (Å²) in [7, 11) is 0. The summed E-state index contributed by atoms with van der Waals surface area (Å²) in [4.78, 5) is 30.6. The Morgan fingerprint density at radius 1 is 1.03 bits per heavy atom. The van der Waals surface area contributed by atoms with Crippen molar-refractivity contribution in [2.75, 3.05) is 5.32 Å². The van der Waals surface area contributed by atoms with Crippen molar-refractivity contribution in [2.24, 2.45) is 0 Å². The van der Waals surface area contributed by atoms with Gasteiger partial charge >= 0.3 is 5.69 Å². The summed E-state index contributed by atoms with van der Waals surface area (Å²) in [5.74, 6) is -1.47. The van der Waals surface area contributed by atoms with Gasteiger partial charge < -0.3 is 75.0 Å². The third-order valence-corrected chi connectivity index (χ3v) is 4.55. The van der Waals surface area contributed by atoms with E-state index in [0.29, 0.717) is 21.3 Å². The zero-order chi connectivity index (χ0) is 20.0. The molecule has 20 N–H and O–H groups in total. The van der Waals surface area contributed by atoms with Crippen LogP contribution in [0.1, 0.15) is 24.1 Å². The number of nitro groups is 1. The molecule has 0 saturated heterocycles. The molecule has 23 heteroatoms. The average molecular weight is 622 g/mol. The molecule has 1 unspecified atom stereocenters. The van der Waals surface area contributed by atoms with E-state index in [2.05, 4.69) is 9.69 Å². The van der Waals surface area contributed by atoms with Gasteiger partial charge in [-0.15, -0.1) is 0 Å². The average Bonchev–Trinajstić information content (AvgIpc) is 2.86. The molecule has 20 nitrogen and oxygen atoms in total. The Hall–Kier alpha value is -2.83. The molecule has 220 valence electrons. The molecule has 2 rings (SSSR count). The zero-order valence-corrected chi connectivity index (χ0v) is 20.9. The molecule has 1 aromatic carbocycles. The molecule has 36 heavy (non-hydrogen) atoms. The minimum Gasteiger partial charge on any atom is -0.502 e. The van der Waals surface area contributed by atoms with Gasteiger partial charge in [0.15, 0.2) is 5.75 Å². The van der Waals surface area contributed by atoms with Crippen LogP contribution in [0.4, 0.5) is 10.7 Å². The number of rotatable bonds is 4. The number of aryl methyl sites for hydroxylation is 1. The van der Waals surface area contributed by atoms with Crippen molar-refractivity contribution in [2.45, 2.75) is 19.8 Å². The van der Waals surface area contributed by atoms with Crippen LogP contribution >= 0.6 is 23.1 Å². The fourth-order valence-corrected chi connectivity index (χ4v) is 2.70. The molecule has 0 aliphatic heterocycles. The number of hydrogen-bond acceptors (Lipinski definition) is 9. The van der Waals surface area contributed by atoms with Crippen molar-refractivity contribution in [1.82, 2.24) is 4.37 Å². The van der Waals surface area contributed by atoms with E-state index in [4.69, 9.17) is 26.9 Å². The molecule has 1 atom stereocenters. The van der Waals surface area contributed by atoms with Crippen molar-refractivity contribution in [3.8, 4) is 5.75 Å². The van der Waals surface area contributed by atoms with Gasteiger partial charge in [0.05, 0.1) is 26.6 Å². The van der Waals surface area contributed by atoms with E-state index in [1.54, 1.807) is 13.8 Å². The summed E-state index contributed by atoms with van der Waals surface area (Å²) in [5, 5.41) is 38.5. The number of phenols is 1. The third kappa shape index (κ3) is 18.5. The fraction of sp³-hybridized carbons (Fsp3) is 0.231. The van der Waals surface area contributed by atoms with Gasteiger partial charge in [0.2, 0.25) is 5.91 Å². The molecule has 0 saturated carbocycles. The number of benzene rings is 1. The number of nitrogens with one attached hydrogen (secondary N) is 1. The predicted molar refractivity (Wildman–Crippen MR) is 127 cm³/mol.